The van der Waals surface area contributed by atoms with Crippen LogP contribution < -0.4 is 0 Å². The van der Waals surface area contributed by atoms with Crippen LogP contribution in [0.2, 0.25) is 0 Å². The first-order valence-electron chi connectivity index (χ1n) is 13.4. The van der Waals surface area contributed by atoms with E-state index >= 15 is 0 Å². The number of fused-ring (bicyclic) bond motifs is 5. The highest BCUT2D eigenvalue weighted by atomic mass is 16.6. The van der Waals surface area contributed by atoms with E-state index in [4.69, 9.17) is 4.74 Å². The largest absolute Gasteiger partial charge is 0.393 e. The van der Waals surface area contributed by atoms with E-state index in [1.54, 1.807) is 0 Å². The van der Waals surface area contributed by atoms with Gasteiger partial charge in [-0.25, -0.2) is 0 Å². The number of rotatable bonds is 4. The molecule has 3 heteroatoms. The monoisotopic (exact) mass is 430 g/mol. The summed E-state index contributed by atoms with van der Waals surface area (Å²) >= 11 is 0. The van der Waals surface area contributed by atoms with Gasteiger partial charge in [0.2, 0.25) is 0 Å². The number of ether oxygens (including phenoxy) is 1. The highest BCUT2D eigenvalue weighted by Crippen LogP contribution is 2.68. The molecule has 0 unspecified atom stereocenters. The molecule has 1 heterocycles. The van der Waals surface area contributed by atoms with Gasteiger partial charge in [-0.3, -0.25) is 4.79 Å². The average Bonchev–Trinajstić information content (AvgIpc) is 3.43. The SMILES string of the molecule is CC(C)[C@@H](C)[C@H]1O[C@@H]1[C@@H](C)[C@H]1CC[C@H]2[C@@H]3CC(=O)[C@H]4C[C@@H](O)CC[C@]4(C)[C@H]3CC[C@]12C. The van der Waals surface area contributed by atoms with Crippen LogP contribution in [0.3, 0.4) is 0 Å². The van der Waals surface area contributed by atoms with E-state index in [0.29, 0.717) is 65.3 Å². The molecule has 0 amide bonds. The highest BCUT2D eigenvalue weighted by Gasteiger charge is 2.64. The second-order valence-electron chi connectivity index (χ2n) is 13.3. The van der Waals surface area contributed by atoms with Gasteiger partial charge in [0.15, 0.2) is 0 Å². The molecular weight excluding hydrogens is 384 g/mol. The molecule has 4 saturated carbocycles. The van der Waals surface area contributed by atoms with Crippen molar-refractivity contribution in [2.24, 2.45) is 58.2 Å². The van der Waals surface area contributed by atoms with Gasteiger partial charge in [0.05, 0.1) is 18.3 Å². The van der Waals surface area contributed by atoms with Crippen LogP contribution in [0.1, 0.15) is 92.9 Å². The minimum absolute atomic E-state index is 0.108. The molecule has 5 fully saturated rings. The van der Waals surface area contributed by atoms with Crippen LogP contribution in [0.15, 0.2) is 0 Å². The van der Waals surface area contributed by atoms with Gasteiger partial charge in [-0.05, 0) is 97.2 Å². The Morgan fingerprint density at radius 1 is 0.935 bits per heavy atom. The van der Waals surface area contributed by atoms with Gasteiger partial charge in [0.25, 0.3) is 0 Å². The van der Waals surface area contributed by atoms with Crippen molar-refractivity contribution in [3.63, 3.8) is 0 Å². The molecule has 5 aliphatic rings. The molecule has 0 aromatic heterocycles. The number of hydrogen-bond donors (Lipinski definition) is 1. The Morgan fingerprint density at radius 3 is 2.32 bits per heavy atom. The van der Waals surface area contributed by atoms with Gasteiger partial charge in [-0.15, -0.1) is 0 Å². The fourth-order valence-electron chi connectivity index (χ4n) is 9.51. The molecule has 1 N–H and O–H groups in total. The summed E-state index contributed by atoms with van der Waals surface area (Å²) < 4.78 is 6.28. The second kappa shape index (κ2) is 7.55. The van der Waals surface area contributed by atoms with Crippen molar-refractivity contribution >= 4 is 5.78 Å². The molecular formula is C28H46O3. The third-order valence-corrected chi connectivity index (χ3v) is 11.8. The number of ketones is 1. The average molecular weight is 431 g/mol. The summed E-state index contributed by atoms with van der Waals surface area (Å²) in [6.45, 7) is 14.5. The number of aliphatic hydroxyl groups excluding tert-OH is 1. The normalized spacial score (nSPS) is 53.5. The smallest absolute Gasteiger partial charge is 0.136 e. The summed E-state index contributed by atoms with van der Waals surface area (Å²) in [6.07, 6.45) is 9.31. The zero-order valence-corrected chi connectivity index (χ0v) is 20.8. The van der Waals surface area contributed by atoms with Crippen molar-refractivity contribution in [1.29, 1.82) is 0 Å². The minimum atomic E-state index is -0.260. The molecule has 12 atom stereocenters. The summed E-state index contributed by atoms with van der Waals surface area (Å²) in [5.74, 6) is 5.23. The minimum Gasteiger partial charge on any atom is -0.393 e. The highest BCUT2D eigenvalue weighted by molar-refractivity contribution is 5.83. The Labute approximate surface area is 190 Å². The molecule has 0 bridgehead atoms. The van der Waals surface area contributed by atoms with Crippen molar-refractivity contribution in [3.05, 3.63) is 0 Å². The summed E-state index contributed by atoms with van der Waals surface area (Å²) in [5.41, 5.74) is 0.497. The molecule has 31 heavy (non-hydrogen) atoms. The van der Waals surface area contributed by atoms with Gasteiger partial charge in [0, 0.05) is 12.3 Å². The predicted octanol–water partition coefficient (Wildman–Crippen LogP) is 5.88. The van der Waals surface area contributed by atoms with E-state index in [-0.39, 0.29) is 17.4 Å². The van der Waals surface area contributed by atoms with E-state index < -0.39 is 0 Å². The first kappa shape index (κ1) is 22.4. The molecule has 0 aromatic carbocycles. The van der Waals surface area contributed by atoms with Gasteiger partial charge in [-0.2, -0.15) is 0 Å². The van der Waals surface area contributed by atoms with Gasteiger partial charge < -0.3 is 9.84 Å². The maximum atomic E-state index is 13.3. The Hall–Kier alpha value is -0.410. The van der Waals surface area contributed by atoms with E-state index in [1.165, 1.54) is 25.7 Å². The number of carbonyl (C=O) groups is 1. The number of epoxide rings is 1. The molecule has 4 aliphatic carbocycles. The van der Waals surface area contributed by atoms with Crippen molar-refractivity contribution in [2.45, 2.75) is 111 Å². The number of Topliss-reactive ketones (excluding diaryl/α,β-unsaturated/α-hetero) is 1. The van der Waals surface area contributed by atoms with Crippen LogP contribution in [0.4, 0.5) is 0 Å². The van der Waals surface area contributed by atoms with Crippen molar-refractivity contribution in [1.82, 2.24) is 0 Å². The lowest BCUT2D eigenvalue weighted by atomic mass is 9.44. The second-order valence-corrected chi connectivity index (χ2v) is 13.3. The van der Waals surface area contributed by atoms with Crippen LogP contribution in [0.25, 0.3) is 0 Å². The summed E-state index contributed by atoms with van der Waals surface area (Å²) in [7, 11) is 0. The maximum absolute atomic E-state index is 13.3. The molecule has 1 aliphatic heterocycles. The van der Waals surface area contributed by atoms with E-state index in [0.717, 1.165) is 25.2 Å². The molecule has 3 nitrogen and oxygen atoms in total. The molecule has 0 spiro atoms. The molecule has 1 saturated heterocycles. The predicted molar refractivity (Wildman–Crippen MR) is 123 cm³/mol. The van der Waals surface area contributed by atoms with E-state index in [2.05, 4.69) is 41.5 Å². The summed E-state index contributed by atoms with van der Waals surface area (Å²) in [6, 6.07) is 0. The fraction of sp³-hybridized carbons (Fsp3) is 0.964. The van der Waals surface area contributed by atoms with Gasteiger partial charge in [-0.1, -0.05) is 41.5 Å². The maximum Gasteiger partial charge on any atom is 0.136 e. The Bertz CT molecular complexity index is 717. The third-order valence-electron chi connectivity index (χ3n) is 11.8. The first-order valence-corrected chi connectivity index (χ1v) is 13.4. The van der Waals surface area contributed by atoms with Gasteiger partial charge in [0.1, 0.15) is 5.78 Å². The van der Waals surface area contributed by atoms with Gasteiger partial charge >= 0.3 is 0 Å². The molecule has 0 aromatic rings. The van der Waals surface area contributed by atoms with Crippen LogP contribution in [0.5, 0.6) is 0 Å². The van der Waals surface area contributed by atoms with Crippen molar-refractivity contribution < 1.29 is 14.6 Å². The molecule has 0 radical (unpaired) electrons. The van der Waals surface area contributed by atoms with Crippen LogP contribution in [-0.4, -0.2) is 29.2 Å². The fourth-order valence-corrected chi connectivity index (χ4v) is 9.51. The number of hydrogen-bond acceptors (Lipinski definition) is 3. The third kappa shape index (κ3) is 3.30. The van der Waals surface area contributed by atoms with Crippen LogP contribution in [-0.2, 0) is 9.53 Å². The number of aliphatic hydroxyl groups is 1. The lowest BCUT2D eigenvalue weighted by Gasteiger charge is -2.60. The lowest BCUT2D eigenvalue weighted by molar-refractivity contribution is -0.160. The summed E-state index contributed by atoms with van der Waals surface area (Å²) in [4.78, 5) is 13.3. The Kier molecular flexibility index (Phi) is 5.45. The summed E-state index contributed by atoms with van der Waals surface area (Å²) in [5, 5.41) is 10.3. The van der Waals surface area contributed by atoms with E-state index in [9.17, 15) is 9.90 Å². The first-order chi connectivity index (χ1) is 14.6. The van der Waals surface area contributed by atoms with Crippen molar-refractivity contribution in [2.75, 3.05) is 0 Å². The molecule has 5 rings (SSSR count). The van der Waals surface area contributed by atoms with Crippen molar-refractivity contribution in [3.8, 4) is 0 Å². The quantitative estimate of drug-likeness (QED) is 0.567. The van der Waals surface area contributed by atoms with E-state index in [1.807, 2.05) is 0 Å². The molecule has 176 valence electrons. The number of carbonyl (C=O) groups excluding carboxylic acids is 1. The van der Waals surface area contributed by atoms with Crippen LogP contribution in [0, 0.1) is 58.2 Å². The standard InChI is InChI=1S/C28H46O3/c1-15(2)16(3)25-26(31-25)17(4)20-7-8-21-19-14-24(30)23-13-18(29)9-11-28(23,6)22(19)10-12-27(20,21)5/h15-23,25-26,29H,7-14H2,1-6H3/t16-,17+,18+,19+,20-,21+,22+,23-,25-,26-,27-,28-/m1/s1. The Balaban J connectivity index is 1.34. The Morgan fingerprint density at radius 2 is 1.61 bits per heavy atom. The lowest BCUT2D eigenvalue weighted by Crippen LogP contribution is -2.57. The van der Waals surface area contributed by atoms with Crippen LogP contribution >= 0.6 is 0 Å². The topological polar surface area (TPSA) is 49.8 Å². The zero-order valence-electron chi connectivity index (χ0n) is 20.8. The zero-order chi connectivity index (χ0) is 22.3.